The number of ether oxygens (including phenoxy) is 1. The van der Waals surface area contributed by atoms with Gasteiger partial charge in [-0.15, -0.1) is 0 Å². The van der Waals surface area contributed by atoms with Crippen LogP contribution in [0.25, 0.3) is 5.52 Å². The summed E-state index contributed by atoms with van der Waals surface area (Å²) in [6.45, 7) is 8.54. The van der Waals surface area contributed by atoms with E-state index in [2.05, 4.69) is 32.0 Å². The van der Waals surface area contributed by atoms with E-state index in [9.17, 15) is 4.79 Å². The van der Waals surface area contributed by atoms with Crippen LogP contribution in [0.1, 0.15) is 20.8 Å². The highest BCUT2D eigenvalue weighted by Gasteiger charge is 2.26. The Morgan fingerprint density at radius 2 is 1.96 bits per heavy atom. The summed E-state index contributed by atoms with van der Waals surface area (Å²) in [6.07, 6.45) is 3.51. The van der Waals surface area contributed by atoms with E-state index in [1.807, 2.05) is 37.5 Å². The van der Waals surface area contributed by atoms with Gasteiger partial charge in [0.25, 0.3) is 0 Å². The molecule has 0 aliphatic carbocycles. The molecule has 3 rings (SSSR count). The predicted molar refractivity (Wildman–Crippen MR) is 92.9 cm³/mol. The molecule has 23 heavy (non-hydrogen) atoms. The van der Waals surface area contributed by atoms with E-state index >= 15 is 0 Å². The minimum absolute atomic E-state index is 0.234. The van der Waals surface area contributed by atoms with E-state index in [4.69, 9.17) is 4.74 Å². The summed E-state index contributed by atoms with van der Waals surface area (Å²) in [5.74, 6) is 0. The Balaban J connectivity index is 1.70. The zero-order chi connectivity index (χ0) is 16.6. The first-order valence-corrected chi connectivity index (χ1v) is 8.48. The lowest BCUT2D eigenvalue weighted by molar-refractivity contribution is 0.0240. The Kier molecular flexibility index (Phi) is 4.23. The second-order valence-electron chi connectivity index (χ2n) is 6.66. The van der Waals surface area contributed by atoms with E-state index in [0.717, 1.165) is 28.8 Å². The standard InChI is InChI=1S/C16H21BrN4O2/c1-16(2,3)23-15(22)20-8-6-19(7-9-20)13-4-5-18-21-11-12(17)10-14(13)21/h4-5,10-11H,6-9H2,1-3H3. The number of carbonyl (C=O) groups is 1. The number of amides is 1. The van der Waals surface area contributed by atoms with Crippen LogP contribution in [0.4, 0.5) is 10.5 Å². The normalized spacial score (nSPS) is 16.0. The third kappa shape index (κ3) is 3.60. The van der Waals surface area contributed by atoms with E-state index in [0.29, 0.717) is 13.1 Å². The van der Waals surface area contributed by atoms with E-state index < -0.39 is 5.60 Å². The maximum Gasteiger partial charge on any atom is 0.410 e. The van der Waals surface area contributed by atoms with Gasteiger partial charge in [0.05, 0.1) is 11.2 Å². The fourth-order valence-corrected chi connectivity index (χ4v) is 3.10. The van der Waals surface area contributed by atoms with Gasteiger partial charge >= 0.3 is 6.09 Å². The molecule has 3 heterocycles. The Morgan fingerprint density at radius 1 is 1.26 bits per heavy atom. The van der Waals surface area contributed by atoms with Gasteiger partial charge in [-0.1, -0.05) is 0 Å². The number of hydrogen-bond donors (Lipinski definition) is 0. The van der Waals surface area contributed by atoms with Crippen LogP contribution in [0.2, 0.25) is 0 Å². The number of fused-ring (bicyclic) bond motifs is 1. The van der Waals surface area contributed by atoms with Gasteiger partial charge < -0.3 is 14.5 Å². The fraction of sp³-hybridized carbons (Fsp3) is 0.500. The number of aromatic nitrogens is 2. The monoisotopic (exact) mass is 380 g/mol. The first-order chi connectivity index (χ1) is 10.8. The quantitative estimate of drug-likeness (QED) is 0.762. The molecule has 124 valence electrons. The average molecular weight is 381 g/mol. The Hall–Kier alpha value is -1.76. The van der Waals surface area contributed by atoms with Crippen LogP contribution >= 0.6 is 15.9 Å². The Labute approximate surface area is 144 Å². The molecule has 1 aliphatic rings. The van der Waals surface area contributed by atoms with Crippen LogP contribution in [0.5, 0.6) is 0 Å². The van der Waals surface area contributed by atoms with Crippen LogP contribution in [-0.2, 0) is 4.74 Å². The second kappa shape index (κ2) is 6.03. The molecular weight excluding hydrogens is 360 g/mol. The smallest absolute Gasteiger partial charge is 0.410 e. The van der Waals surface area contributed by atoms with Crippen LogP contribution < -0.4 is 4.90 Å². The molecule has 0 atom stereocenters. The van der Waals surface area contributed by atoms with Gasteiger partial charge in [0.1, 0.15) is 5.60 Å². The molecule has 2 aromatic rings. The van der Waals surface area contributed by atoms with Crippen molar-refractivity contribution in [1.82, 2.24) is 14.5 Å². The lowest BCUT2D eigenvalue weighted by Crippen LogP contribution is -2.50. The van der Waals surface area contributed by atoms with Gasteiger partial charge in [-0.3, -0.25) is 0 Å². The summed E-state index contributed by atoms with van der Waals surface area (Å²) in [4.78, 5) is 16.2. The topological polar surface area (TPSA) is 50.1 Å². The van der Waals surface area contributed by atoms with Gasteiger partial charge in [0, 0.05) is 43.0 Å². The summed E-state index contributed by atoms with van der Waals surface area (Å²) in [7, 11) is 0. The highest BCUT2D eigenvalue weighted by atomic mass is 79.9. The first-order valence-electron chi connectivity index (χ1n) is 7.69. The van der Waals surface area contributed by atoms with Crippen molar-refractivity contribution >= 4 is 33.2 Å². The molecule has 6 nitrogen and oxygen atoms in total. The number of piperazine rings is 1. The zero-order valence-corrected chi connectivity index (χ0v) is 15.2. The maximum absolute atomic E-state index is 12.1. The number of rotatable bonds is 1. The molecule has 0 saturated carbocycles. The maximum atomic E-state index is 12.1. The van der Waals surface area contributed by atoms with Crippen molar-refractivity contribution in [3.8, 4) is 0 Å². The second-order valence-corrected chi connectivity index (χ2v) is 7.57. The van der Waals surface area contributed by atoms with Gasteiger partial charge in [-0.25, -0.2) is 9.31 Å². The van der Waals surface area contributed by atoms with Gasteiger partial charge in [0.15, 0.2) is 0 Å². The van der Waals surface area contributed by atoms with Crippen LogP contribution in [0, 0.1) is 0 Å². The number of nitrogens with zero attached hydrogens (tertiary/aromatic N) is 4. The number of anilines is 1. The molecule has 1 aliphatic heterocycles. The van der Waals surface area contributed by atoms with Crippen molar-refractivity contribution in [3.05, 3.63) is 29.0 Å². The lowest BCUT2D eigenvalue weighted by atomic mass is 10.2. The summed E-state index contributed by atoms with van der Waals surface area (Å²) in [5.41, 5.74) is 1.74. The molecule has 1 amide bonds. The molecule has 0 N–H and O–H groups in total. The largest absolute Gasteiger partial charge is 0.444 e. The van der Waals surface area contributed by atoms with Gasteiger partial charge in [-0.05, 0) is 48.8 Å². The summed E-state index contributed by atoms with van der Waals surface area (Å²) < 4.78 is 8.31. The molecule has 0 radical (unpaired) electrons. The van der Waals surface area contributed by atoms with Crippen LogP contribution in [-0.4, -0.2) is 52.4 Å². The van der Waals surface area contributed by atoms with Crippen LogP contribution in [0.3, 0.4) is 0 Å². The van der Waals surface area contributed by atoms with Crippen molar-refractivity contribution in [3.63, 3.8) is 0 Å². The third-order valence-electron chi connectivity index (χ3n) is 3.73. The molecule has 1 saturated heterocycles. The highest BCUT2D eigenvalue weighted by molar-refractivity contribution is 9.10. The fourth-order valence-electron chi connectivity index (χ4n) is 2.69. The summed E-state index contributed by atoms with van der Waals surface area (Å²) >= 11 is 3.49. The van der Waals surface area contributed by atoms with Crippen molar-refractivity contribution in [1.29, 1.82) is 0 Å². The number of carbonyl (C=O) groups excluding carboxylic acids is 1. The molecule has 0 spiro atoms. The van der Waals surface area contributed by atoms with Crippen molar-refractivity contribution in [2.24, 2.45) is 0 Å². The van der Waals surface area contributed by atoms with Crippen LogP contribution in [0.15, 0.2) is 29.0 Å². The zero-order valence-electron chi connectivity index (χ0n) is 13.6. The van der Waals surface area contributed by atoms with Crippen molar-refractivity contribution < 1.29 is 9.53 Å². The van der Waals surface area contributed by atoms with E-state index in [1.54, 1.807) is 11.1 Å². The van der Waals surface area contributed by atoms with Gasteiger partial charge in [-0.2, -0.15) is 5.10 Å². The molecule has 7 heteroatoms. The predicted octanol–water partition coefficient (Wildman–Crippen LogP) is 3.15. The molecule has 2 aromatic heterocycles. The Bertz CT molecular complexity index is 714. The molecule has 0 aromatic carbocycles. The first kappa shape index (κ1) is 16.1. The minimum Gasteiger partial charge on any atom is -0.444 e. The molecule has 0 bridgehead atoms. The summed E-state index contributed by atoms with van der Waals surface area (Å²) in [5, 5.41) is 4.32. The molecule has 1 fully saturated rings. The highest BCUT2D eigenvalue weighted by Crippen LogP contribution is 2.26. The third-order valence-corrected chi connectivity index (χ3v) is 4.16. The Morgan fingerprint density at radius 3 is 2.61 bits per heavy atom. The average Bonchev–Trinajstić information content (AvgIpc) is 2.85. The molecular formula is C16H21BrN4O2. The van der Waals surface area contributed by atoms with Crippen molar-refractivity contribution in [2.45, 2.75) is 26.4 Å². The van der Waals surface area contributed by atoms with Crippen molar-refractivity contribution in [2.75, 3.05) is 31.1 Å². The minimum atomic E-state index is -0.455. The molecule has 0 unspecified atom stereocenters. The number of hydrogen-bond acceptors (Lipinski definition) is 4. The van der Waals surface area contributed by atoms with Gasteiger partial charge in [0.2, 0.25) is 0 Å². The number of halogens is 1. The lowest BCUT2D eigenvalue weighted by Gasteiger charge is -2.36. The van der Waals surface area contributed by atoms with E-state index in [1.165, 1.54) is 0 Å². The summed E-state index contributed by atoms with van der Waals surface area (Å²) in [6, 6.07) is 4.08. The van der Waals surface area contributed by atoms with E-state index in [-0.39, 0.29) is 6.09 Å². The SMILES string of the molecule is CC(C)(C)OC(=O)N1CCN(c2ccnn3cc(Br)cc23)CC1.